The second-order valence-corrected chi connectivity index (χ2v) is 4.41. The van der Waals surface area contributed by atoms with Crippen LogP contribution in [0.15, 0.2) is 6.07 Å². The molecule has 1 rings (SSSR count). The summed E-state index contributed by atoms with van der Waals surface area (Å²) in [7, 11) is 0. The lowest BCUT2D eigenvalue weighted by molar-refractivity contribution is 0.000640. The second kappa shape index (κ2) is 5.79. The summed E-state index contributed by atoms with van der Waals surface area (Å²) in [6.07, 6.45) is 0. The van der Waals surface area contributed by atoms with E-state index >= 15 is 0 Å². The molecule has 0 atom stereocenters. The highest BCUT2D eigenvalue weighted by Gasteiger charge is 2.17. The average molecular weight is 239 g/mol. The largest absolute Gasteiger partial charge is 0.374 e. The number of anilines is 2. The molecule has 0 amide bonds. The van der Waals surface area contributed by atoms with E-state index in [1.54, 1.807) is 0 Å². The van der Waals surface area contributed by atoms with Gasteiger partial charge < -0.3 is 10.1 Å². The average Bonchev–Trinajstić information content (AvgIpc) is 2.26. The van der Waals surface area contributed by atoms with Gasteiger partial charge in [-0.15, -0.1) is 0 Å². The molecule has 0 aromatic carbocycles. The molecule has 0 saturated carbocycles. The Morgan fingerprint density at radius 2 is 2.12 bits per heavy atom. The van der Waals surface area contributed by atoms with E-state index in [9.17, 15) is 0 Å². The fourth-order valence-electron chi connectivity index (χ4n) is 1.47. The summed E-state index contributed by atoms with van der Waals surface area (Å²) in [5.41, 5.74) is 3.06. The Morgan fingerprint density at radius 1 is 1.41 bits per heavy atom. The number of nitrogens with one attached hydrogen (secondary N) is 2. The standard InChI is InChI=1S/C11H21N5O/c1-5-17-11(3,4)7-13-9-6-8(2)14-10(15-9)16-12/h6H,5,7,12H2,1-4H3,(H2,13,14,15,16). The van der Waals surface area contributed by atoms with Crippen molar-refractivity contribution in [3.63, 3.8) is 0 Å². The van der Waals surface area contributed by atoms with Crippen molar-refractivity contribution in [1.82, 2.24) is 9.97 Å². The summed E-state index contributed by atoms with van der Waals surface area (Å²) < 4.78 is 5.59. The normalized spacial score (nSPS) is 11.4. The zero-order valence-corrected chi connectivity index (χ0v) is 10.9. The van der Waals surface area contributed by atoms with Crippen LogP contribution in [0.2, 0.25) is 0 Å². The monoisotopic (exact) mass is 239 g/mol. The second-order valence-electron chi connectivity index (χ2n) is 4.41. The van der Waals surface area contributed by atoms with Crippen LogP contribution in [0.3, 0.4) is 0 Å². The maximum atomic E-state index is 5.59. The quantitative estimate of drug-likeness (QED) is 0.512. The summed E-state index contributed by atoms with van der Waals surface area (Å²) in [5.74, 6) is 6.43. The molecular weight excluding hydrogens is 218 g/mol. The Kier molecular flexibility index (Phi) is 4.65. The fraction of sp³-hybridized carbons (Fsp3) is 0.636. The molecule has 1 heterocycles. The number of rotatable bonds is 6. The number of hydrazine groups is 1. The molecule has 0 aliphatic rings. The van der Waals surface area contributed by atoms with Gasteiger partial charge in [0.2, 0.25) is 5.95 Å². The Bertz CT molecular complexity index is 367. The van der Waals surface area contributed by atoms with E-state index in [0.717, 1.165) is 11.5 Å². The molecule has 0 bridgehead atoms. The minimum atomic E-state index is -0.232. The zero-order chi connectivity index (χ0) is 12.9. The first-order chi connectivity index (χ1) is 7.96. The molecular formula is C11H21N5O. The van der Waals surface area contributed by atoms with Gasteiger partial charge in [-0.2, -0.15) is 4.98 Å². The van der Waals surface area contributed by atoms with Crippen LogP contribution >= 0.6 is 0 Å². The lowest BCUT2D eigenvalue weighted by atomic mass is 10.1. The van der Waals surface area contributed by atoms with Gasteiger partial charge in [-0.3, -0.25) is 5.43 Å². The van der Waals surface area contributed by atoms with E-state index in [-0.39, 0.29) is 5.60 Å². The topological polar surface area (TPSA) is 85.1 Å². The molecule has 1 aromatic heterocycles. The van der Waals surface area contributed by atoms with Crippen molar-refractivity contribution in [3.05, 3.63) is 11.8 Å². The SMILES string of the molecule is CCOC(C)(C)CNc1cc(C)nc(NN)n1. The molecule has 6 nitrogen and oxygen atoms in total. The van der Waals surface area contributed by atoms with Crippen LogP contribution in [0.4, 0.5) is 11.8 Å². The zero-order valence-electron chi connectivity index (χ0n) is 10.9. The van der Waals surface area contributed by atoms with E-state index in [2.05, 4.69) is 20.7 Å². The Hall–Kier alpha value is -1.40. The van der Waals surface area contributed by atoms with Crippen molar-refractivity contribution in [2.75, 3.05) is 23.9 Å². The van der Waals surface area contributed by atoms with Crippen LogP contribution in [0.5, 0.6) is 0 Å². The van der Waals surface area contributed by atoms with Gasteiger partial charge >= 0.3 is 0 Å². The number of nitrogen functional groups attached to an aromatic ring is 1. The number of nitrogens with zero attached hydrogens (tertiary/aromatic N) is 2. The molecule has 0 aliphatic carbocycles. The molecule has 6 heteroatoms. The molecule has 4 N–H and O–H groups in total. The molecule has 0 saturated heterocycles. The lowest BCUT2D eigenvalue weighted by Crippen LogP contribution is -2.33. The van der Waals surface area contributed by atoms with Crippen LogP contribution in [0, 0.1) is 6.92 Å². The van der Waals surface area contributed by atoms with Crippen molar-refractivity contribution < 1.29 is 4.74 Å². The Morgan fingerprint density at radius 3 is 2.71 bits per heavy atom. The number of ether oxygens (including phenoxy) is 1. The maximum Gasteiger partial charge on any atom is 0.239 e. The molecule has 0 spiro atoms. The van der Waals surface area contributed by atoms with Gasteiger partial charge in [0.15, 0.2) is 0 Å². The maximum absolute atomic E-state index is 5.59. The summed E-state index contributed by atoms with van der Waals surface area (Å²) in [6, 6.07) is 1.86. The van der Waals surface area contributed by atoms with Gasteiger partial charge in [0.25, 0.3) is 0 Å². The molecule has 0 radical (unpaired) electrons. The first-order valence-electron chi connectivity index (χ1n) is 5.67. The first kappa shape index (κ1) is 13.7. The third-order valence-corrected chi connectivity index (χ3v) is 2.21. The number of nitrogens with two attached hydrogens (primary N) is 1. The van der Waals surface area contributed by atoms with Gasteiger partial charge in [0.05, 0.1) is 5.60 Å². The van der Waals surface area contributed by atoms with Crippen molar-refractivity contribution in [2.45, 2.75) is 33.3 Å². The highest BCUT2D eigenvalue weighted by Crippen LogP contribution is 2.13. The van der Waals surface area contributed by atoms with Crippen LogP contribution < -0.4 is 16.6 Å². The lowest BCUT2D eigenvalue weighted by Gasteiger charge is -2.25. The molecule has 1 aromatic rings. The van der Waals surface area contributed by atoms with Gasteiger partial charge in [-0.25, -0.2) is 10.8 Å². The minimum absolute atomic E-state index is 0.232. The van der Waals surface area contributed by atoms with Crippen LogP contribution in [-0.4, -0.2) is 28.7 Å². The van der Waals surface area contributed by atoms with Crippen molar-refractivity contribution in [2.24, 2.45) is 5.84 Å². The Labute approximate surface area is 102 Å². The summed E-state index contributed by atoms with van der Waals surface area (Å²) in [6.45, 7) is 9.28. The molecule has 0 aliphatic heterocycles. The third-order valence-electron chi connectivity index (χ3n) is 2.21. The Balaban J connectivity index is 2.65. The van der Waals surface area contributed by atoms with Gasteiger partial charge in [0, 0.05) is 24.9 Å². The number of aryl methyl sites for hydroxylation is 1. The van der Waals surface area contributed by atoms with E-state index in [1.807, 2.05) is 33.8 Å². The number of hydrogen-bond donors (Lipinski definition) is 3. The predicted octanol–water partition coefficient (Wildman–Crippen LogP) is 1.30. The van der Waals surface area contributed by atoms with Crippen LogP contribution in [0.1, 0.15) is 26.5 Å². The van der Waals surface area contributed by atoms with Gasteiger partial charge in [-0.05, 0) is 27.7 Å². The van der Waals surface area contributed by atoms with E-state index in [1.165, 1.54) is 0 Å². The number of hydrogen-bond acceptors (Lipinski definition) is 6. The summed E-state index contributed by atoms with van der Waals surface area (Å²) in [4.78, 5) is 8.32. The predicted molar refractivity (Wildman–Crippen MR) is 68.8 cm³/mol. The fourth-order valence-corrected chi connectivity index (χ4v) is 1.47. The van der Waals surface area contributed by atoms with Crippen molar-refractivity contribution in [1.29, 1.82) is 0 Å². The summed E-state index contributed by atoms with van der Waals surface area (Å²) >= 11 is 0. The molecule has 0 fully saturated rings. The first-order valence-corrected chi connectivity index (χ1v) is 5.67. The third kappa shape index (κ3) is 4.54. The molecule has 96 valence electrons. The van der Waals surface area contributed by atoms with E-state index in [4.69, 9.17) is 10.6 Å². The number of aromatic nitrogens is 2. The van der Waals surface area contributed by atoms with Crippen LogP contribution in [-0.2, 0) is 4.74 Å². The van der Waals surface area contributed by atoms with Crippen LogP contribution in [0.25, 0.3) is 0 Å². The smallest absolute Gasteiger partial charge is 0.239 e. The van der Waals surface area contributed by atoms with E-state index < -0.39 is 0 Å². The van der Waals surface area contributed by atoms with Crippen molar-refractivity contribution in [3.8, 4) is 0 Å². The highest BCUT2D eigenvalue weighted by atomic mass is 16.5. The van der Waals surface area contributed by atoms with E-state index in [0.29, 0.717) is 19.1 Å². The minimum Gasteiger partial charge on any atom is -0.374 e. The molecule has 0 unspecified atom stereocenters. The summed E-state index contributed by atoms with van der Waals surface area (Å²) in [5, 5.41) is 3.21. The van der Waals surface area contributed by atoms with Crippen molar-refractivity contribution >= 4 is 11.8 Å². The van der Waals surface area contributed by atoms with Gasteiger partial charge in [0.1, 0.15) is 5.82 Å². The highest BCUT2D eigenvalue weighted by molar-refractivity contribution is 5.41. The molecule has 17 heavy (non-hydrogen) atoms. The van der Waals surface area contributed by atoms with Gasteiger partial charge in [-0.1, -0.05) is 0 Å².